The standard InChI is InChI=1S/C15H19NO7/c1-22-13-11(6-17)23-7-10(12(13)18)16-14(19)8-4-2-3-5-9(8)15(20)21/h2-5,10-13,17-18H,6-7H2,1H3,(H,16,19)(H,20,21)/t10?,11?,12?,13-/m1/s1. The molecule has 1 aliphatic rings. The molecule has 8 heteroatoms. The number of aromatic carboxylic acids is 1. The topological polar surface area (TPSA) is 125 Å². The van der Waals surface area contributed by atoms with Crippen LogP contribution in [-0.2, 0) is 9.47 Å². The molecule has 1 saturated heterocycles. The molecule has 3 unspecified atom stereocenters. The third-order valence-corrected chi connectivity index (χ3v) is 3.78. The summed E-state index contributed by atoms with van der Waals surface area (Å²) in [4.78, 5) is 23.5. The van der Waals surface area contributed by atoms with Crippen LogP contribution in [0.15, 0.2) is 24.3 Å². The second-order valence-corrected chi connectivity index (χ2v) is 5.18. The Kier molecular flexibility index (Phi) is 5.67. The Balaban J connectivity index is 2.13. The quantitative estimate of drug-likeness (QED) is 0.561. The van der Waals surface area contributed by atoms with Gasteiger partial charge in [-0.3, -0.25) is 4.79 Å². The SMILES string of the molecule is CO[C@@H]1C(CO)OCC(NC(=O)c2ccccc2C(=O)O)C1O. The highest BCUT2D eigenvalue weighted by atomic mass is 16.6. The number of amides is 1. The molecule has 0 aromatic heterocycles. The number of hydrogen-bond donors (Lipinski definition) is 4. The van der Waals surface area contributed by atoms with Gasteiger partial charge in [0.15, 0.2) is 0 Å². The van der Waals surface area contributed by atoms with Crippen LogP contribution in [0.25, 0.3) is 0 Å². The highest BCUT2D eigenvalue weighted by Gasteiger charge is 2.40. The van der Waals surface area contributed by atoms with Crippen molar-refractivity contribution < 1.29 is 34.4 Å². The summed E-state index contributed by atoms with van der Waals surface area (Å²) in [5.41, 5.74) is -0.141. The van der Waals surface area contributed by atoms with Crippen molar-refractivity contribution in [2.75, 3.05) is 20.3 Å². The van der Waals surface area contributed by atoms with Crippen molar-refractivity contribution in [2.24, 2.45) is 0 Å². The Bertz CT molecular complexity index is 577. The van der Waals surface area contributed by atoms with Gasteiger partial charge in [-0.2, -0.15) is 0 Å². The van der Waals surface area contributed by atoms with E-state index in [1.54, 1.807) is 6.07 Å². The van der Waals surface area contributed by atoms with Crippen LogP contribution in [0.1, 0.15) is 20.7 Å². The van der Waals surface area contributed by atoms with Crippen LogP contribution in [0.3, 0.4) is 0 Å². The molecule has 4 N–H and O–H groups in total. The van der Waals surface area contributed by atoms with E-state index in [1.807, 2.05) is 0 Å². The summed E-state index contributed by atoms with van der Waals surface area (Å²) < 4.78 is 10.5. The zero-order chi connectivity index (χ0) is 17.0. The Labute approximate surface area is 132 Å². The van der Waals surface area contributed by atoms with Crippen molar-refractivity contribution in [3.63, 3.8) is 0 Å². The lowest BCUT2D eigenvalue weighted by atomic mass is 9.97. The van der Waals surface area contributed by atoms with Crippen molar-refractivity contribution in [2.45, 2.75) is 24.4 Å². The van der Waals surface area contributed by atoms with Gasteiger partial charge in [0.25, 0.3) is 5.91 Å². The van der Waals surface area contributed by atoms with Gasteiger partial charge in [0.05, 0.1) is 30.4 Å². The smallest absolute Gasteiger partial charge is 0.336 e. The zero-order valence-corrected chi connectivity index (χ0v) is 12.5. The van der Waals surface area contributed by atoms with E-state index >= 15 is 0 Å². The van der Waals surface area contributed by atoms with Crippen molar-refractivity contribution in [1.82, 2.24) is 5.32 Å². The van der Waals surface area contributed by atoms with Crippen LogP contribution < -0.4 is 5.32 Å². The summed E-state index contributed by atoms with van der Waals surface area (Å²) in [6, 6.07) is 5.00. The fraction of sp³-hybridized carbons (Fsp3) is 0.467. The molecule has 1 aromatic rings. The number of hydrogen-bond acceptors (Lipinski definition) is 6. The van der Waals surface area contributed by atoms with Crippen molar-refractivity contribution in [1.29, 1.82) is 0 Å². The molecule has 126 valence electrons. The molecule has 4 atom stereocenters. The first kappa shape index (κ1) is 17.4. The van der Waals surface area contributed by atoms with Crippen LogP contribution in [0, 0.1) is 0 Å². The lowest BCUT2D eigenvalue weighted by molar-refractivity contribution is -0.171. The summed E-state index contributed by atoms with van der Waals surface area (Å²) in [5, 5.41) is 31.1. The Morgan fingerprint density at radius 1 is 1.35 bits per heavy atom. The minimum Gasteiger partial charge on any atom is -0.478 e. The number of nitrogens with one attached hydrogen (secondary N) is 1. The van der Waals surface area contributed by atoms with E-state index in [4.69, 9.17) is 14.6 Å². The number of carboxylic acid groups (broad SMARTS) is 1. The Morgan fingerprint density at radius 2 is 2.00 bits per heavy atom. The number of aliphatic hydroxyl groups is 2. The Morgan fingerprint density at radius 3 is 2.57 bits per heavy atom. The molecular weight excluding hydrogens is 306 g/mol. The molecule has 1 amide bonds. The molecule has 1 heterocycles. The number of aliphatic hydroxyl groups excluding tert-OH is 2. The van der Waals surface area contributed by atoms with Crippen LogP contribution in [0.4, 0.5) is 0 Å². The van der Waals surface area contributed by atoms with Crippen LogP contribution in [0.2, 0.25) is 0 Å². The molecule has 0 aliphatic carbocycles. The highest BCUT2D eigenvalue weighted by molar-refractivity contribution is 6.04. The predicted molar refractivity (Wildman–Crippen MR) is 78.3 cm³/mol. The van der Waals surface area contributed by atoms with Crippen LogP contribution in [0.5, 0.6) is 0 Å². The molecule has 8 nitrogen and oxygen atoms in total. The molecule has 0 bridgehead atoms. The average Bonchev–Trinajstić information content (AvgIpc) is 2.56. The van der Waals surface area contributed by atoms with E-state index in [0.717, 1.165) is 0 Å². The minimum absolute atomic E-state index is 0.00884. The maximum Gasteiger partial charge on any atom is 0.336 e. The molecule has 2 rings (SSSR count). The molecule has 1 aliphatic heterocycles. The van der Waals surface area contributed by atoms with Gasteiger partial charge in [0, 0.05) is 7.11 Å². The minimum atomic E-state index is -1.22. The first-order valence-electron chi connectivity index (χ1n) is 7.06. The van der Waals surface area contributed by atoms with Crippen LogP contribution in [-0.4, -0.2) is 71.9 Å². The second kappa shape index (κ2) is 7.51. The van der Waals surface area contributed by atoms with Gasteiger partial charge in [-0.15, -0.1) is 0 Å². The van der Waals surface area contributed by atoms with Crippen molar-refractivity contribution in [3.05, 3.63) is 35.4 Å². The molecule has 0 saturated carbocycles. The summed E-state index contributed by atoms with van der Waals surface area (Å²) in [7, 11) is 1.36. The van der Waals surface area contributed by atoms with Gasteiger partial charge in [-0.05, 0) is 12.1 Å². The van der Waals surface area contributed by atoms with Gasteiger partial charge in [0.1, 0.15) is 18.3 Å². The summed E-state index contributed by atoms with van der Waals surface area (Å²) >= 11 is 0. The van der Waals surface area contributed by atoms with E-state index in [2.05, 4.69) is 5.32 Å². The van der Waals surface area contributed by atoms with Crippen molar-refractivity contribution in [3.8, 4) is 0 Å². The third kappa shape index (κ3) is 3.67. The van der Waals surface area contributed by atoms with Crippen LogP contribution >= 0.6 is 0 Å². The number of carbonyl (C=O) groups is 2. The normalized spacial score (nSPS) is 27.4. The lowest BCUT2D eigenvalue weighted by Gasteiger charge is -2.39. The fourth-order valence-corrected chi connectivity index (χ4v) is 2.56. The second-order valence-electron chi connectivity index (χ2n) is 5.18. The van der Waals surface area contributed by atoms with Gasteiger partial charge < -0.3 is 30.1 Å². The van der Waals surface area contributed by atoms with E-state index < -0.39 is 36.2 Å². The van der Waals surface area contributed by atoms with Gasteiger partial charge in [-0.1, -0.05) is 12.1 Å². The maximum absolute atomic E-state index is 12.3. The molecule has 0 radical (unpaired) electrons. The molecule has 23 heavy (non-hydrogen) atoms. The molecular formula is C15H19NO7. The molecule has 1 fully saturated rings. The lowest BCUT2D eigenvalue weighted by Crippen LogP contribution is -2.60. The van der Waals surface area contributed by atoms with Crippen molar-refractivity contribution >= 4 is 11.9 Å². The molecule has 1 aromatic carbocycles. The van der Waals surface area contributed by atoms with E-state index in [-0.39, 0.29) is 24.3 Å². The van der Waals surface area contributed by atoms with E-state index in [1.165, 1.54) is 25.3 Å². The van der Waals surface area contributed by atoms with Gasteiger partial charge in [-0.25, -0.2) is 4.79 Å². The fourth-order valence-electron chi connectivity index (χ4n) is 2.56. The van der Waals surface area contributed by atoms with Gasteiger partial charge in [0.2, 0.25) is 0 Å². The first-order valence-corrected chi connectivity index (χ1v) is 7.06. The summed E-state index contributed by atoms with van der Waals surface area (Å²) in [6.07, 6.45) is -2.57. The summed E-state index contributed by atoms with van der Waals surface area (Å²) in [5.74, 6) is -1.85. The number of carbonyl (C=O) groups excluding carboxylic acids is 1. The number of benzene rings is 1. The monoisotopic (exact) mass is 325 g/mol. The third-order valence-electron chi connectivity index (χ3n) is 3.78. The number of rotatable bonds is 5. The average molecular weight is 325 g/mol. The van der Waals surface area contributed by atoms with E-state index in [0.29, 0.717) is 0 Å². The molecule has 0 spiro atoms. The largest absolute Gasteiger partial charge is 0.478 e. The first-order chi connectivity index (χ1) is 11.0. The number of carboxylic acids is 1. The maximum atomic E-state index is 12.3. The van der Waals surface area contributed by atoms with Gasteiger partial charge >= 0.3 is 5.97 Å². The summed E-state index contributed by atoms with van der Waals surface area (Å²) in [6.45, 7) is -0.342. The zero-order valence-electron chi connectivity index (χ0n) is 12.5. The highest BCUT2D eigenvalue weighted by Crippen LogP contribution is 2.19. The Hall–Kier alpha value is -2.00. The number of methoxy groups -OCH3 is 1. The predicted octanol–water partition coefficient (Wildman–Crippen LogP) is -0.750. The van der Waals surface area contributed by atoms with E-state index in [9.17, 15) is 19.8 Å². The number of ether oxygens (including phenoxy) is 2.